The molecule has 5 nitrogen and oxygen atoms in total. The topological polar surface area (TPSA) is 45.4 Å². The number of aromatic nitrogens is 2. The predicted molar refractivity (Wildman–Crippen MR) is 86.8 cm³/mol. The third-order valence-corrected chi connectivity index (χ3v) is 4.17. The molecule has 3 heterocycles. The largest absolute Gasteiger partial charge is 0.465 e. The minimum absolute atomic E-state index is 0.348. The van der Waals surface area contributed by atoms with E-state index in [9.17, 15) is 0 Å². The number of furan rings is 1. The molecule has 2 aromatic heterocycles. The fourth-order valence-corrected chi connectivity index (χ4v) is 3.05. The van der Waals surface area contributed by atoms with Crippen molar-refractivity contribution in [2.45, 2.75) is 38.8 Å². The highest BCUT2D eigenvalue weighted by Gasteiger charge is 2.26. The number of likely N-dealkylation sites (tertiary alicyclic amines) is 1. The molecule has 0 radical (unpaired) electrons. The zero-order chi connectivity index (χ0) is 15.5. The van der Waals surface area contributed by atoms with Crippen molar-refractivity contribution in [1.82, 2.24) is 14.9 Å². The van der Waals surface area contributed by atoms with Crippen LogP contribution in [0.15, 0.2) is 28.8 Å². The second-order valence-electron chi connectivity index (χ2n) is 6.17. The quantitative estimate of drug-likeness (QED) is 0.868. The molecular formula is C17H24N4O. The van der Waals surface area contributed by atoms with Gasteiger partial charge in [0, 0.05) is 20.3 Å². The van der Waals surface area contributed by atoms with Crippen LogP contribution in [0.25, 0.3) is 0 Å². The maximum atomic E-state index is 5.75. The van der Waals surface area contributed by atoms with Gasteiger partial charge in [-0.1, -0.05) is 6.42 Å². The van der Waals surface area contributed by atoms with E-state index in [0.29, 0.717) is 6.04 Å². The van der Waals surface area contributed by atoms with Crippen molar-refractivity contribution in [3.05, 3.63) is 41.6 Å². The van der Waals surface area contributed by atoms with Crippen LogP contribution in [0.5, 0.6) is 0 Å². The maximum absolute atomic E-state index is 5.75. The van der Waals surface area contributed by atoms with Crippen LogP contribution in [0.4, 0.5) is 5.95 Å². The Hall–Kier alpha value is -1.88. The van der Waals surface area contributed by atoms with Gasteiger partial charge in [-0.3, -0.25) is 4.90 Å². The minimum Gasteiger partial charge on any atom is -0.465 e. The Morgan fingerprint density at radius 3 is 2.86 bits per heavy atom. The summed E-state index contributed by atoms with van der Waals surface area (Å²) >= 11 is 0. The Kier molecular flexibility index (Phi) is 4.43. The average Bonchev–Trinajstić information content (AvgIpc) is 2.93. The zero-order valence-electron chi connectivity index (χ0n) is 13.6. The van der Waals surface area contributed by atoms with E-state index >= 15 is 0 Å². The summed E-state index contributed by atoms with van der Waals surface area (Å²) in [6, 6.07) is 6.50. The van der Waals surface area contributed by atoms with Crippen molar-refractivity contribution < 1.29 is 4.42 Å². The van der Waals surface area contributed by atoms with E-state index in [4.69, 9.17) is 9.40 Å². The van der Waals surface area contributed by atoms with Crippen molar-refractivity contribution in [2.24, 2.45) is 0 Å². The molecule has 0 N–H and O–H groups in total. The highest BCUT2D eigenvalue weighted by Crippen LogP contribution is 2.31. The van der Waals surface area contributed by atoms with E-state index in [1.807, 2.05) is 44.2 Å². The summed E-state index contributed by atoms with van der Waals surface area (Å²) in [4.78, 5) is 13.5. The summed E-state index contributed by atoms with van der Waals surface area (Å²) in [5, 5.41) is 0. The van der Waals surface area contributed by atoms with E-state index < -0.39 is 0 Å². The van der Waals surface area contributed by atoms with Gasteiger partial charge in [-0.15, -0.1) is 0 Å². The Morgan fingerprint density at radius 1 is 1.27 bits per heavy atom. The van der Waals surface area contributed by atoms with Crippen molar-refractivity contribution in [1.29, 1.82) is 0 Å². The van der Waals surface area contributed by atoms with Crippen LogP contribution >= 0.6 is 0 Å². The highest BCUT2D eigenvalue weighted by atomic mass is 16.3. The molecule has 3 rings (SSSR count). The summed E-state index contributed by atoms with van der Waals surface area (Å²) in [5.74, 6) is 2.78. The third-order valence-electron chi connectivity index (χ3n) is 4.17. The molecule has 1 aliphatic heterocycles. The molecule has 118 valence electrons. The van der Waals surface area contributed by atoms with Crippen LogP contribution in [0.1, 0.15) is 42.5 Å². The molecule has 0 spiro atoms. The van der Waals surface area contributed by atoms with Crippen LogP contribution in [0.3, 0.4) is 0 Å². The lowest BCUT2D eigenvalue weighted by atomic mass is 9.99. The number of anilines is 1. The summed E-state index contributed by atoms with van der Waals surface area (Å²) in [7, 11) is 3.95. The van der Waals surface area contributed by atoms with E-state index in [2.05, 4.69) is 16.0 Å². The summed E-state index contributed by atoms with van der Waals surface area (Å²) in [5.41, 5.74) is 1.11. The standard InChI is InChI=1S/C17H24N4O/c1-13-7-8-14(22-13)12-21-11-5-4-6-16(21)15-9-10-18-17(19-15)20(2)3/h7-10,16H,4-6,11-12H2,1-3H3/t16-/m1/s1. The first-order valence-electron chi connectivity index (χ1n) is 7.93. The van der Waals surface area contributed by atoms with Gasteiger partial charge in [0.2, 0.25) is 5.95 Å². The van der Waals surface area contributed by atoms with E-state index in [-0.39, 0.29) is 0 Å². The fourth-order valence-electron chi connectivity index (χ4n) is 3.05. The third kappa shape index (κ3) is 3.30. The Balaban J connectivity index is 1.81. The molecule has 0 unspecified atom stereocenters. The van der Waals surface area contributed by atoms with E-state index in [1.54, 1.807) is 0 Å². The molecule has 0 saturated carbocycles. The monoisotopic (exact) mass is 300 g/mol. The van der Waals surface area contributed by atoms with E-state index in [1.165, 1.54) is 12.8 Å². The molecule has 1 saturated heterocycles. The molecule has 0 aromatic carbocycles. The number of aryl methyl sites for hydroxylation is 1. The average molecular weight is 300 g/mol. The Morgan fingerprint density at radius 2 is 2.14 bits per heavy atom. The second kappa shape index (κ2) is 6.48. The normalized spacial score (nSPS) is 19.3. The van der Waals surface area contributed by atoms with Gasteiger partial charge in [0.15, 0.2) is 0 Å². The smallest absolute Gasteiger partial charge is 0.225 e. The molecule has 5 heteroatoms. The van der Waals surface area contributed by atoms with Gasteiger partial charge in [0.05, 0.1) is 18.3 Å². The molecule has 0 amide bonds. The molecule has 1 atom stereocenters. The Bertz CT molecular complexity index is 623. The molecule has 0 aliphatic carbocycles. The molecular weight excluding hydrogens is 276 g/mol. The number of nitrogens with zero attached hydrogens (tertiary/aromatic N) is 4. The first kappa shape index (κ1) is 15.0. The first-order chi connectivity index (χ1) is 10.6. The van der Waals surface area contributed by atoms with Crippen LogP contribution in [0.2, 0.25) is 0 Å². The van der Waals surface area contributed by atoms with Gasteiger partial charge in [-0.05, 0) is 44.5 Å². The molecule has 2 aromatic rings. The predicted octanol–water partition coefficient (Wildman–Crippen LogP) is 3.17. The molecule has 22 heavy (non-hydrogen) atoms. The number of hydrogen-bond donors (Lipinski definition) is 0. The SMILES string of the molecule is Cc1ccc(CN2CCCC[C@@H]2c2ccnc(N(C)C)n2)o1. The van der Waals surface area contributed by atoms with Gasteiger partial charge in [-0.25, -0.2) is 9.97 Å². The van der Waals surface area contributed by atoms with Crippen LogP contribution in [0, 0.1) is 6.92 Å². The number of piperidine rings is 1. The lowest BCUT2D eigenvalue weighted by Gasteiger charge is -2.34. The van der Waals surface area contributed by atoms with Crippen molar-refractivity contribution in [2.75, 3.05) is 25.5 Å². The fraction of sp³-hybridized carbons (Fsp3) is 0.529. The van der Waals surface area contributed by atoms with Crippen molar-refractivity contribution in [3.63, 3.8) is 0 Å². The van der Waals surface area contributed by atoms with Crippen LogP contribution in [-0.4, -0.2) is 35.5 Å². The van der Waals surface area contributed by atoms with Crippen LogP contribution in [-0.2, 0) is 6.54 Å². The lowest BCUT2D eigenvalue weighted by Crippen LogP contribution is -2.33. The van der Waals surface area contributed by atoms with Gasteiger partial charge in [0.25, 0.3) is 0 Å². The van der Waals surface area contributed by atoms with Crippen molar-refractivity contribution >= 4 is 5.95 Å². The summed E-state index contributed by atoms with van der Waals surface area (Å²) < 4.78 is 5.75. The molecule has 1 fully saturated rings. The lowest BCUT2D eigenvalue weighted by molar-refractivity contribution is 0.127. The number of rotatable bonds is 4. The minimum atomic E-state index is 0.348. The zero-order valence-corrected chi connectivity index (χ0v) is 13.6. The van der Waals surface area contributed by atoms with Crippen LogP contribution < -0.4 is 4.90 Å². The second-order valence-corrected chi connectivity index (χ2v) is 6.17. The van der Waals surface area contributed by atoms with Crippen molar-refractivity contribution in [3.8, 4) is 0 Å². The van der Waals surface area contributed by atoms with E-state index in [0.717, 1.165) is 42.7 Å². The summed E-state index contributed by atoms with van der Waals surface area (Å²) in [6.45, 7) is 3.93. The molecule has 1 aliphatic rings. The van der Waals surface area contributed by atoms with Gasteiger partial charge in [0.1, 0.15) is 11.5 Å². The first-order valence-corrected chi connectivity index (χ1v) is 7.93. The molecule has 0 bridgehead atoms. The van der Waals surface area contributed by atoms with Gasteiger partial charge < -0.3 is 9.32 Å². The number of hydrogen-bond acceptors (Lipinski definition) is 5. The van der Waals surface area contributed by atoms with Gasteiger partial charge in [-0.2, -0.15) is 0 Å². The summed E-state index contributed by atoms with van der Waals surface area (Å²) in [6.07, 6.45) is 5.49. The van der Waals surface area contributed by atoms with Gasteiger partial charge >= 0.3 is 0 Å². The highest BCUT2D eigenvalue weighted by molar-refractivity contribution is 5.28. The Labute approximate surface area is 132 Å². The maximum Gasteiger partial charge on any atom is 0.225 e.